The monoisotopic (exact) mass is 335 g/mol. The van der Waals surface area contributed by atoms with E-state index in [-0.39, 0.29) is 6.03 Å². The van der Waals surface area contributed by atoms with Gasteiger partial charge in [-0.25, -0.2) is 4.79 Å². The van der Waals surface area contributed by atoms with Gasteiger partial charge in [-0.1, -0.05) is 23.4 Å². The Morgan fingerprint density at radius 3 is 2.88 bits per heavy atom. The molecule has 2 aromatic heterocycles. The zero-order valence-electron chi connectivity index (χ0n) is 13.5. The first kappa shape index (κ1) is 15.2. The normalized spacial score (nSPS) is 11.0. The molecule has 4 rings (SSSR count). The number of benzene rings is 2. The molecular weight excluding hydrogens is 318 g/mol. The van der Waals surface area contributed by atoms with Crippen molar-refractivity contribution in [2.45, 2.75) is 13.0 Å². The summed E-state index contributed by atoms with van der Waals surface area (Å²) in [7, 11) is 0. The Morgan fingerprint density at radius 1 is 1.12 bits per heavy atom. The second-order valence-corrected chi connectivity index (χ2v) is 5.71. The summed E-state index contributed by atoms with van der Waals surface area (Å²) in [6.07, 6.45) is 4.20. The molecule has 7 nitrogen and oxygen atoms in total. The summed E-state index contributed by atoms with van der Waals surface area (Å²) in [5, 5.41) is 15.4. The zero-order valence-corrected chi connectivity index (χ0v) is 13.5. The highest BCUT2D eigenvalue weighted by Gasteiger charge is 2.08. The average Bonchev–Trinajstić information content (AvgIpc) is 3.25. The molecule has 2 aromatic carbocycles. The number of nitrogens with one attached hydrogen (secondary N) is 2. The summed E-state index contributed by atoms with van der Waals surface area (Å²) in [6.45, 7) is 1.27. The summed E-state index contributed by atoms with van der Waals surface area (Å²) in [6, 6.07) is 13.3. The van der Waals surface area contributed by atoms with Crippen molar-refractivity contribution in [1.29, 1.82) is 0 Å². The van der Waals surface area contributed by atoms with Crippen LogP contribution in [0.25, 0.3) is 21.9 Å². The van der Waals surface area contributed by atoms with E-state index in [2.05, 4.69) is 20.9 Å². The van der Waals surface area contributed by atoms with Crippen LogP contribution in [-0.4, -0.2) is 27.6 Å². The number of aryl methyl sites for hydroxylation is 1. The molecule has 4 aromatic rings. The van der Waals surface area contributed by atoms with Gasteiger partial charge in [-0.15, -0.1) is 5.10 Å². The number of hydrogen-bond acceptors (Lipinski definition) is 4. The molecule has 0 fully saturated rings. The highest BCUT2D eigenvalue weighted by Crippen LogP contribution is 2.30. The molecule has 2 amide bonds. The fourth-order valence-electron chi connectivity index (χ4n) is 2.77. The highest BCUT2D eigenvalue weighted by molar-refractivity contribution is 6.06. The third-order valence-corrected chi connectivity index (χ3v) is 3.96. The molecule has 0 radical (unpaired) electrons. The smallest absolute Gasteiger partial charge is 0.319 e. The molecule has 0 aliphatic rings. The van der Waals surface area contributed by atoms with Crippen LogP contribution >= 0.6 is 0 Å². The number of fused-ring (bicyclic) bond motifs is 3. The second-order valence-electron chi connectivity index (χ2n) is 5.71. The van der Waals surface area contributed by atoms with Crippen LogP contribution in [0.3, 0.4) is 0 Å². The first-order valence-electron chi connectivity index (χ1n) is 8.10. The minimum absolute atomic E-state index is 0.242. The lowest BCUT2D eigenvalue weighted by Gasteiger charge is -2.07. The van der Waals surface area contributed by atoms with Gasteiger partial charge >= 0.3 is 6.03 Å². The fourth-order valence-corrected chi connectivity index (χ4v) is 2.77. The van der Waals surface area contributed by atoms with Gasteiger partial charge in [0.1, 0.15) is 11.2 Å². The molecule has 7 heteroatoms. The Bertz CT molecular complexity index is 1010. The number of para-hydroxylation sites is 1. The van der Waals surface area contributed by atoms with Crippen LogP contribution < -0.4 is 10.6 Å². The third-order valence-electron chi connectivity index (χ3n) is 3.96. The van der Waals surface area contributed by atoms with Crippen molar-refractivity contribution in [3.8, 4) is 0 Å². The molecule has 0 atom stereocenters. The van der Waals surface area contributed by atoms with Crippen LogP contribution in [0, 0.1) is 0 Å². The standard InChI is InChI=1S/C18H17N5O2/c24-18(19-8-3-10-23-11-9-20-22-23)21-13-6-7-15-14-4-1-2-5-16(14)25-17(15)12-13/h1-2,4-7,9,11-12H,3,8,10H2,(H2,19,21,24). The summed E-state index contributed by atoms with van der Waals surface area (Å²) in [5.41, 5.74) is 2.29. The number of anilines is 1. The summed E-state index contributed by atoms with van der Waals surface area (Å²) < 4.78 is 7.56. The number of aromatic nitrogens is 3. The Kier molecular flexibility index (Phi) is 4.04. The Labute approximate surface area is 143 Å². The lowest BCUT2D eigenvalue weighted by Crippen LogP contribution is -2.30. The van der Waals surface area contributed by atoms with Gasteiger partial charge in [0.2, 0.25) is 0 Å². The summed E-state index contributed by atoms with van der Waals surface area (Å²) in [5.74, 6) is 0. The highest BCUT2D eigenvalue weighted by atomic mass is 16.3. The van der Waals surface area contributed by atoms with Gasteiger partial charge < -0.3 is 15.1 Å². The van der Waals surface area contributed by atoms with E-state index in [0.717, 1.165) is 28.4 Å². The molecule has 25 heavy (non-hydrogen) atoms. The molecule has 126 valence electrons. The Morgan fingerprint density at radius 2 is 2.00 bits per heavy atom. The van der Waals surface area contributed by atoms with Crippen LogP contribution in [0.5, 0.6) is 0 Å². The van der Waals surface area contributed by atoms with Crippen LogP contribution in [-0.2, 0) is 6.54 Å². The van der Waals surface area contributed by atoms with Crippen molar-refractivity contribution < 1.29 is 9.21 Å². The van der Waals surface area contributed by atoms with Crippen molar-refractivity contribution in [1.82, 2.24) is 20.3 Å². The molecular formula is C18H17N5O2. The number of amides is 2. The number of carbonyl (C=O) groups is 1. The lowest BCUT2D eigenvalue weighted by atomic mass is 10.1. The predicted molar refractivity (Wildman–Crippen MR) is 95.4 cm³/mol. The van der Waals surface area contributed by atoms with Crippen molar-refractivity contribution in [3.05, 3.63) is 54.9 Å². The van der Waals surface area contributed by atoms with Gasteiger partial charge in [0.25, 0.3) is 0 Å². The van der Waals surface area contributed by atoms with E-state index in [1.165, 1.54) is 0 Å². The van der Waals surface area contributed by atoms with E-state index in [4.69, 9.17) is 4.42 Å². The largest absolute Gasteiger partial charge is 0.456 e. The van der Waals surface area contributed by atoms with Gasteiger partial charge in [-0.05, 0) is 24.6 Å². The number of furan rings is 1. The van der Waals surface area contributed by atoms with Crippen LogP contribution in [0.4, 0.5) is 10.5 Å². The van der Waals surface area contributed by atoms with Crippen molar-refractivity contribution in [3.63, 3.8) is 0 Å². The van der Waals surface area contributed by atoms with E-state index >= 15 is 0 Å². The summed E-state index contributed by atoms with van der Waals surface area (Å²) >= 11 is 0. The van der Waals surface area contributed by atoms with Crippen LogP contribution in [0.15, 0.2) is 59.3 Å². The predicted octanol–water partition coefficient (Wildman–Crippen LogP) is 3.39. The van der Waals surface area contributed by atoms with Crippen molar-refractivity contribution in [2.75, 3.05) is 11.9 Å². The molecule has 0 aliphatic heterocycles. The van der Waals surface area contributed by atoms with E-state index in [1.807, 2.05) is 42.5 Å². The third kappa shape index (κ3) is 3.30. The maximum atomic E-state index is 12.0. The number of carbonyl (C=O) groups excluding carboxylic acids is 1. The molecule has 0 bridgehead atoms. The van der Waals surface area contributed by atoms with E-state index < -0.39 is 0 Å². The molecule has 0 aliphatic carbocycles. The van der Waals surface area contributed by atoms with Gasteiger partial charge in [-0.3, -0.25) is 4.68 Å². The zero-order chi connectivity index (χ0) is 17.1. The number of urea groups is 1. The molecule has 0 unspecified atom stereocenters. The Balaban J connectivity index is 1.36. The van der Waals surface area contributed by atoms with Gasteiger partial charge in [0.15, 0.2) is 0 Å². The quantitative estimate of drug-likeness (QED) is 0.548. The minimum atomic E-state index is -0.242. The second kappa shape index (κ2) is 6.64. The van der Waals surface area contributed by atoms with E-state index in [1.54, 1.807) is 17.1 Å². The fraction of sp³-hybridized carbons (Fsp3) is 0.167. The average molecular weight is 335 g/mol. The first-order chi connectivity index (χ1) is 12.3. The molecule has 0 spiro atoms. The molecule has 2 N–H and O–H groups in total. The van der Waals surface area contributed by atoms with Crippen molar-refractivity contribution >= 4 is 33.7 Å². The maximum Gasteiger partial charge on any atom is 0.319 e. The number of rotatable bonds is 5. The van der Waals surface area contributed by atoms with Gasteiger partial charge in [0.05, 0.1) is 6.20 Å². The van der Waals surface area contributed by atoms with Crippen molar-refractivity contribution in [2.24, 2.45) is 0 Å². The number of hydrogen-bond donors (Lipinski definition) is 2. The van der Waals surface area contributed by atoms with Crippen LogP contribution in [0.1, 0.15) is 6.42 Å². The van der Waals surface area contributed by atoms with Gasteiger partial charge in [0, 0.05) is 41.8 Å². The van der Waals surface area contributed by atoms with Crippen LogP contribution in [0.2, 0.25) is 0 Å². The maximum absolute atomic E-state index is 12.0. The number of nitrogens with zero attached hydrogens (tertiary/aromatic N) is 3. The van der Waals surface area contributed by atoms with Gasteiger partial charge in [-0.2, -0.15) is 0 Å². The SMILES string of the molecule is O=C(NCCCn1ccnn1)Nc1ccc2c(c1)oc1ccccc12. The molecule has 0 saturated heterocycles. The Hall–Kier alpha value is -3.35. The lowest BCUT2D eigenvalue weighted by molar-refractivity contribution is 0.251. The minimum Gasteiger partial charge on any atom is -0.456 e. The first-order valence-corrected chi connectivity index (χ1v) is 8.10. The topological polar surface area (TPSA) is 85.0 Å². The van der Waals surface area contributed by atoms with E-state index in [0.29, 0.717) is 18.8 Å². The van der Waals surface area contributed by atoms with E-state index in [9.17, 15) is 4.79 Å². The molecule has 0 saturated carbocycles. The summed E-state index contributed by atoms with van der Waals surface area (Å²) in [4.78, 5) is 12.0. The molecule has 2 heterocycles.